The highest BCUT2D eigenvalue weighted by atomic mass is 35.5. The molecule has 8 heavy (non-hydrogen) atoms. The molecule has 0 aromatic carbocycles. The van der Waals surface area contributed by atoms with E-state index in [1.165, 1.54) is 0 Å². The van der Waals surface area contributed by atoms with E-state index in [1.807, 2.05) is 13.8 Å². The Morgan fingerprint density at radius 3 is 2.25 bits per heavy atom. The van der Waals surface area contributed by atoms with Crippen LogP contribution >= 0.6 is 11.6 Å². The first kappa shape index (κ1) is 7.96. The van der Waals surface area contributed by atoms with Gasteiger partial charge in [0.2, 0.25) is 0 Å². The maximum Gasteiger partial charge on any atom is 0.154 e. The van der Waals surface area contributed by atoms with Gasteiger partial charge in [-0.05, 0) is 6.42 Å². The van der Waals surface area contributed by atoms with E-state index in [2.05, 4.69) is 0 Å². The largest absolute Gasteiger partial charge is 0.298 e. The molecule has 0 aliphatic heterocycles. The first-order valence-corrected chi connectivity index (χ1v) is 3.17. The van der Waals surface area contributed by atoms with Gasteiger partial charge in [-0.15, -0.1) is 11.6 Å². The van der Waals surface area contributed by atoms with Gasteiger partial charge < -0.3 is 0 Å². The molecule has 1 nitrogen and oxygen atoms in total. The summed E-state index contributed by atoms with van der Waals surface area (Å²) in [6, 6.07) is 0. The van der Waals surface area contributed by atoms with Gasteiger partial charge >= 0.3 is 0 Å². The average Bonchev–Trinajstić information content (AvgIpc) is 1.84. The fraction of sp³-hybridized carbons (Fsp3) is 0.667. The highest BCUT2D eigenvalue weighted by Gasteiger charge is 2.07. The Morgan fingerprint density at radius 1 is 1.62 bits per heavy atom. The average molecular weight is 134 g/mol. The molecule has 0 N–H and O–H groups in total. The van der Waals surface area contributed by atoms with Crippen molar-refractivity contribution < 1.29 is 4.79 Å². The molecule has 0 aliphatic rings. The summed E-state index contributed by atoms with van der Waals surface area (Å²) < 4.78 is 0. The van der Waals surface area contributed by atoms with Gasteiger partial charge in [-0.3, -0.25) is 4.79 Å². The highest BCUT2D eigenvalue weighted by molar-refractivity contribution is 6.29. The van der Waals surface area contributed by atoms with Gasteiger partial charge in [0.05, 0.1) is 5.88 Å². The molecule has 47 valence electrons. The summed E-state index contributed by atoms with van der Waals surface area (Å²) in [5.74, 6) is 1.05. The molecule has 2 heteroatoms. The zero-order valence-corrected chi connectivity index (χ0v) is 5.96. The van der Waals surface area contributed by atoms with Crippen molar-refractivity contribution in [3.63, 3.8) is 0 Å². The third-order valence-electron chi connectivity index (χ3n) is 1.13. The number of halogens is 1. The number of ketones is 1. The van der Waals surface area contributed by atoms with Gasteiger partial charge in [0.15, 0.2) is 5.78 Å². The number of carbonyl (C=O) groups excluding carboxylic acids is 1. The topological polar surface area (TPSA) is 17.1 Å². The summed E-state index contributed by atoms with van der Waals surface area (Å²) in [6.07, 6.45) is 0.811. The first-order valence-electron chi connectivity index (χ1n) is 2.64. The van der Waals surface area contributed by atoms with Crippen molar-refractivity contribution in [1.29, 1.82) is 0 Å². The van der Waals surface area contributed by atoms with Crippen LogP contribution in [0.1, 0.15) is 20.3 Å². The third-order valence-corrected chi connectivity index (χ3v) is 1.37. The van der Waals surface area contributed by atoms with Crippen LogP contribution in [0.4, 0.5) is 0 Å². The molecule has 0 atom stereocenters. The quantitative estimate of drug-likeness (QED) is 0.537. The minimum Gasteiger partial charge on any atom is -0.298 e. The smallest absolute Gasteiger partial charge is 0.154 e. The van der Waals surface area contributed by atoms with Crippen molar-refractivity contribution in [3.05, 3.63) is 5.92 Å². The molecule has 0 fully saturated rings. The maximum absolute atomic E-state index is 10.6. The van der Waals surface area contributed by atoms with Gasteiger partial charge in [0.25, 0.3) is 0 Å². The molecule has 0 aliphatic carbocycles. The molecule has 0 unspecified atom stereocenters. The second-order valence-corrected chi connectivity index (χ2v) is 1.96. The minimum absolute atomic E-state index is 0.0640. The highest BCUT2D eigenvalue weighted by Crippen LogP contribution is 2.04. The molecule has 0 aromatic rings. The van der Waals surface area contributed by atoms with E-state index in [4.69, 9.17) is 11.6 Å². The van der Waals surface area contributed by atoms with Crippen LogP contribution in [0.25, 0.3) is 0 Å². The molecular weight excluding hydrogens is 124 g/mol. The van der Waals surface area contributed by atoms with E-state index in [0.717, 1.165) is 12.3 Å². The van der Waals surface area contributed by atoms with Crippen LogP contribution in [0, 0.1) is 5.92 Å². The van der Waals surface area contributed by atoms with Gasteiger partial charge in [-0.1, -0.05) is 13.8 Å². The summed E-state index contributed by atoms with van der Waals surface area (Å²) >= 11 is 5.26. The summed E-state index contributed by atoms with van der Waals surface area (Å²) in [4.78, 5) is 10.6. The normalized spacial score (nSPS) is 10.0. The summed E-state index contributed by atoms with van der Waals surface area (Å²) in [5, 5.41) is 0. The Hall–Kier alpha value is -0.0400. The molecule has 0 saturated carbocycles. The Morgan fingerprint density at radius 2 is 2.12 bits per heavy atom. The second-order valence-electron chi connectivity index (χ2n) is 1.69. The predicted molar refractivity (Wildman–Crippen MR) is 34.9 cm³/mol. The number of carbonyl (C=O) groups is 1. The number of hydrogen-bond acceptors (Lipinski definition) is 1. The minimum atomic E-state index is 0.0640. The number of rotatable bonds is 3. The van der Waals surface area contributed by atoms with Crippen LogP contribution in [0.5, 0.6) is 0 Å². The predicted octanol–water partition coefficient (Wildman–Crippen LogP) is 1.80. The van der Waals surface area contributed by atoms with E-state index in [1.54, 1.807) is 0 Å². The SMILES string of the molecule is CC[C](C)C(=O)CCl. The Kier molecular flexibility index (Phi) is 3.88. The van der Waals surface area contributed by atoms with Crippen molar-refractivity contribution in [1.82, 2.24) is 0 Å². The zero-order chi connectivity index (χ0) is 6.57. The van der Waals surface area contributed by atoms with Crippen molar-refractivity contribution in [2.45, 2.75) is 20.3 Å². The van der Waals surface area contributed by atoms with Crippen molar-refractivity contribution >= 4 is 17.4 Å². The van der Waals surface area contributed by atoms with E-state index in [9.17, 15) is 4.79 Å². The lowest BCUT2D eigenvalue weighted by Gasteiger charge is -2.00. The van der Waals surface area contributed by atoms with Gasteiger partial charge in [-0.25, -0.2) is 0 Å². The van der Waals surface area contributed by atoms with Crippen LogP contribution in [0.3, 0.4) is 0 Å². The van der Waals surface area contributed by atoms with Crippen LogP contribution in [-0.4, -0.2) is 11.7 Å². The number of hydrogen-bond donors (Lipinski definition) is 0. The molecule has 0 saturated heterocycles. The van der Waals surface area contributed by atoms with E-state index >= 15 is 0 Å². The molecule has 0 rings (SSSR count). The Bertz CT molecular complexity index is 80.6. The molecular formula is C6H10ClO. The van der Waals surface area contributed by atoms with Gasteiger partial charge in [-0.2, -0.15) is 0 Å². The van der Waals surface area contributed by atoms with Crippen molar-refractivity contribution in [2.75, 3.05) is 5.88 Å². The van der Waals surface area contributed by atoms with Crippen LogP contribution < -0.4 is 0 Å². The summed E-state index contributed by atoms with van der Waals surface area (Å²) in [7, 11) is 0. The van der Waals surface area contributed by atoms with Crippen LogP contribution in [0.2, 0.25) is 0 Å². The molecule has 0 spiro atoms. The fourth-order valence-electron chi connectivity index (χ4n) is 0.311. The van der Waals surface area contributed by atoms with E-state index in [-0.39, 0.29) is 11.7 Å². The van der Waals surface area contributed by atoms with Crippen molar-refractivity contribution in [2.24, 2.45) is 0 Å². The lowest BCUT2D eigenvalue weighted by molar-refractivity contribution is -0.115. The standard InChI is InChI=1S/C6H10ClO/c1-3-5(2)6(8)4-7/h3-4H2,1-2H3. The van der Waals surface area contributed by atoms with E-state index < -0.39 is 0 Å². The van der Waals surface area contributed by atoms with Crippen LogP contribution in [0.15, 0.2) is 0 Å². The Labute approximate surface area is 55.0 Å². The molecule has 0 aromatic heterocycles. The zero-order valence-electron chi connectivity index (χ0n) is 5.20. The number of Topliss-reactive ketones (excluding diaryl/α,β-unsaturated/α-hetero) is 1. The Balaban J connectivity index is 3.46. The molecule has 0 bridgehead atoms. The maximum atomic E-state index is 10.6. The van der Waals surface area contributed by atoms with Gasteiger partial charge in [0, 0.05) is 5.92 Å². The second kappa shape index (κ2) is 3.90. The molecule has 0 heterocycles. The van der Waals surface area contributed by atoms with E-state index in [0.29, 0.717) is 0 Å². The summed E-state index contributed by atoms with van der Waals surface area (Å²) in [5.41, 5.74) is 0. The molecule has 0 amide bonds. The third kappa shape index (κ3) is 2.31. The summed E-state index contributed by atoms with van der Waals surface area (Å²) in [6.45, 7) is 3.75. The lowest BCUT2D eigenvalue weighted by Crippen LogP contribution is -2.07. The molecule has 1 radical (unpaired) electrons. The first-order chi connectivity index (χ1) is 3.72. The van der Waals surface area contributed by atoms with Gasteiger partial charge in [0.1, 0.15) is 0 Å². The fourth-order valence-corrected chi connectivity index (χ4v) is 0.539. The van der Waals surface area contributed by atoms with Crippen LogP contribution in [-0.2, 0) is 4.79 Å². The lowest BCUT2D eigenvalue weighted by atomic mass is 10.1. The monoisotopic (exact) mass is 133 g/mol. The van der Waals surface area contributed by atoms with Crippen molar-refractivity contribution in [3.8, 4) is 0 Å². The number of alkyl halides is 1.